The summed E-state index contributed by atoms with van der Waals surface area (Å²) in [6.45, 7) is 0.788. The lowest BCUT2D eigenvalue weighted by Crippen LogP contribution is -2.48. The molecule has 7 nitrogen and oxygen atoms in total. The number of nitrogens with zero attached hydrogens (tertiary/aromatic N) is 2. The fourth-order valence-corrected chi connectivity index (χ4v) is 1.81. The van der Waals surface area contributed by atoms with E-state index >= 15 is 0 Å². The van der Waals surface area contributed by atoms with E-state index in [0.29, 0.717) is 19.1 Å². The Labute approximate surface area is 100 Å². The second-order valence-corrected chi connectivity index (χ2v) is 4.27. The van der Waals surface area contributed by atoms with Crippen molar-refractivity contribution in [2.75, 3.05) is 33.8 Å². The Kier molecular flexibility index (Phi) is 5.17. The molecule has 0 aromatic heterocycles. The first kappa shape index (κ1) is 13.7. The zero-order chi connectivity index (χ0) is 12.8. The quantitative estimate of drug-likeness (QED) is 0.667. The first-order valence-corrected chi connectivity index (χ1v) is 5.55. The van der Waals surface area contributed by atoms with Crippen LogP contribution in [0, 0.1) is 0 Å². The number of urea groups is 1. The van der Waals surface area contributed by atoms with Crippen LogP contribution in [0.2, 0.25) is 0 Å². The summed E-state index contributed by atoms with van der Waals surface area (Å²) in [5.41, 5.74) is 2.12. The number of likely N-dealkylation sites (tertiary alicyclic amines) is 1. The van der Waals surface area contributed by atoms with E-state index in [1.807, 2.05) is 14.1 Å². The molecule has 0 unspecified atom stereocenters. The smallest absolute Gasteiger partial charge is 0.341 e. The van der Waals surface area contributed by atoms with Crippen molar-refractivity contribution < 1.29 is 19.5 Å². The molecular formula is C10H19N3O4. The van der Waals surface area contributed by atoms with Crippen LogP contribution >= 0.6 is 0 Å². The zero-order valence-corrected chi connectivity index (χ0v) is 10.2. The molecule has 0 aliphatic carbocycles. The summed E-state index contributed by atoms with van der Waals surface area (Å²) in [6, 6.07) is 0.127. The van der Waals surface area contributed by atoms with E-state index in [9.17, 15) is 9.59 Å². The van der Waals surface area contributed by atoms with Crippen molar-refractivity contribution in [3.63, 3.8) is 0 Å². The Bertz CT molecular complexity index is 275. The van der Waals surface area contributed by atoms with Crippen molar-refractivity contribution in [2.45, 2.75) is 18.9 Å². The van der Waals surface area contributed by atoms with Gasteiger partial charge in [0.1, 0.15) is 0 Å². The van der Waals surface area contributed by atoms with Gasteiger partial charge < -0.3 is 14.9 Å². The largest absolute Gasteiger partial charge is 0.479 e. The predicted octanol–water partition coefficient (Wildman–Crippen LogP) is -0.262. The van der Waals surface area contributed by atoms with Crippen molar-refractivity contribution in [1.82, 2.24) is 15.3 Å². The molecule has 1 heterocycles. The molecule has 0 atom stereocenters. The topological polar surface area (TPSA) is 82.1 Å². The molecule has 0 bridgehead atoms. The van der Waals surface area contributed by atoms with Gasteiger partial charge in [0.05, 0.1) is 0 Å². The van der Waals surface area contributed by atoms with E-state index in [2.05, 4.69) is 15.2 Å². The average Bonchev–Trinajstić information content (AvgIpc) is 2.28. The van der Waals surface area contributed by atoms with E-state index in [1.54, 1.807) is 4.90 Å². The Hall–Kier alpha value is -1.34. The summed E-state index contributed by atoms with van der Waals surface area (Å²) >= 11 is 0. The minimum atomic E-state index is -1.11. The number of aliphatic carboxylic acids is 1. The van der Waals surface area contributed by atoms with Gasteiger partial charge in [-0.15, -0.1) is 0 Å². The number of carboxylic acids is 1. The minimum absolute atomic E-state index is 0.372. The lowest BCUT2D eigenvalue weighted by atomic mass is 10.0. The van der Waals surface area contributed by atoms with E-state index in [1.165, 1.54) is 0 Å². The molecule has 1 aliphatic rings. The number of amides is 2. The molecule has 2 N–H and O–H groups in total. The van der Waals surface area contributed by atoms with Gasteiger partial charge in [-0.05, 0) is 26.9 Å². The Morgan fingerprint density at radius 1 is 1.41 bits per heavy atom. The number of carbonyl (C=O) groups excluding carboxylic acids is 1. The molecule has 0 aromatic carbocycles. The van der Waals surface area contributed by atoms with E-state index in [0.717, 1.165) is 12.8 Å². The van der Waals surface area contributed by atoms with Crippen molar-refractivity contribution in [3.8, 4) is 0 Å². The number of carbonyl (C=O) groups is 2. The van der Waals surface area contributed by atoms with Gasteiger partial charge in [0, 0.05) is 19.1 Å². The van der Waals surface area contributed by atoms with Gasteiger partial charge in [0.2, 0.25) is 0 Å². The molecule has 17 heavy (non-hydrogen) atoms. The Morgan fingerprint density at radius 3 is 2.47 bits per heavy atom. The summed E-state index contributed by atoms with van der Waals surface area (Å²) in [7, 11) is 4.05. The van der Waals surface area contributed by atoms with Crippen LogP contribution in [0.3, 0.4) is 0 Å². The maximum absolute atomic E-state index is 11.5. The number of rotatable bonds is 4. The number of piperidine rings is 1. The van der Waals surface area contributed by atoms with E-state index in [4.69, 9.17) is 5.11 Å². The summed E-state index contributed by atoms with van der Waals surface area (Å²) < 4.78 is 0. The van der Waals surface area contributed by atoms with Gasteiger partial charge in [0.25, 0.3) is 0 Å². The molecule has 2 amide bonds. The SMILES string of the molecule is CN(C)C1CCN(C(=O)NOCC(=O)O)CC1. The molecule has 98 valence electrons. The summed E-state index contributed by atoms with van der Waals surface area (Å²) in [5, 5.41) is 8.34. The van der Waals surface area contributed by atoms with Crippen molar-refractivity contribution in [2.24, 2.45) is 0 Å². The molecule has 1 rings (SSSR count). The number of carboxylic acid groups (broad SMARTS) is 1. The summed E-state index contributed by atoms with van der Waals surface area (Å²) in [6.07, 6.45) is 1.83. The molecule has 1 saturated heterocycles. The van der Waals surface area contributed by atoms with Crippen LogP contribution in [-0.4, -0.2) is 66.7 Å². The van der Waals surface area contributed by atoms with Crippen LogP contribution in [0.25, 0.3) is 0 Å². The maximum atomic E-state index is 11.5. The first-order valence-electron chi connectivity index (χ1n) is 5.55. The van der Waals surface area contributed by atoms with Gasteiger partial charge in [-0.2, -0.15) is 0 Å². The van der Waals surface area contributed by atoms with Crippen LogP contribution in [0.1, 0.15) is 12.8 Å². The van der Waals surface area contributed by atoms with Crippen molar-refractivity contribution in [1.29, 1.82) is 0 Å². The van der Waals surface area contributed by atoms with Gasteiger partial charge in [0.15, 0.2) is 6.61 Å². The third-order valence-corrected chi connectivity index (χ3v) is 2.84. The third-order valence-electron chi connectivity index (χ3n) is 2.84. The van der Waals surface area contributed by atoms with Crippen LogP contribution in [0.4, 0.5) is 4.79 Å². The molecule has 7 heteroatoms. The number of nitrogens with one attached hydrogen (secondary N) is 1. The Balaban J connectivity index is 2.24. The molecule has 1 fully saturated rings. The van der Waals surface area contributed by atoms with E-state index in [-0.39, 0.29) is 6.03 Å². The highest BCUT2D eigenvalue weighted by atomic mass is 16.7. The lowest BCUT2D eigenvalue weighted by molar-refractivity contribution is -0.144. The molecule has 0 saturated carbocycles. The second-order valence-electron chi connectivity index (χ2n) is 4.27. The van der Waals surface area contributed by atoms with Crippen LogP contribution in [-0.2, 0) is 9.63 Å². The van der Waals surface area contributed by atoms with Crippen LogP contribution in [0.15, 0.2) is 0 Å². The standard InChI is InChI=1S/C10H19N3O4/c1-12(2)8-3-5-13(6-4-8)10(16)11-17-7-9(14)15/h8H,3-7H2,1-2H3,(H,11,16)(H,14,15). The monoisotopic (exact) mass is 245 g/mol. The first-order chi connectivity index (χ1) is 8.00. The normalized spacial score (nSPS) is 17.2. The zero-order valence-electron chi connectivity index (χ0n) is 10.2. The highest BCUT2D eigenvalue weighted by Gasteiger charge is 2.23. The Morgan fingerprint density at radius 2 is 2.00 bits per heavy atom. The fraction of sp³-hybridized carbons (Fsp3) is 0.800. The molecule has 0 radical (unpaired) electrons. The van der Waals surface area contributed by atoms with Gasteiger partial charge in [-0.25, -0.2) is 15.1 Å². The van der Waals surface area contributed by atoms with Crippen LogP contribution in [0.5, 0.6) is 0 Å². The number of hydrogen-bond acceptors (Lipinski definition) is 4. The predicted molar refractivity (Wildman–Crippen MR) is 60.4 cm³/mol. The maximum Gasteiger partial charge on any atom is 0.341 e. The minimum Gasteiger partial charge on any atom is -0.479 e. The van der Waals surface area contributed by atoms with Crippen molar-refractivity contribution in [3.05, 3.63) is 0 Å². The lowest BCUT2D eigenvalue weighted by Gasteiger charge is -2.34. The number of hydroxylamine groups is 1. The molecule has 0 spiro atoms. The van der Waals surface area contributed by atoms with E-state index < -0.39 is 12.6 Å². The van der Waals surface area contributed by atoms with Crippen LogP contribution < -0.4 is 5.48 Å². The molecule has 1 aliphatic heterocycles. The second kappa shape index (κ2) is 6.41. The van der Waals surface area contributed by atoms with Gasteiger partial charge in [-0.1, -0.05) is 0 Å². The number of hydrogen-bond donors (Lipinski definition) is 2. The highest BCUT2D eigenvalue weighted by molar-refractivity contribution is 5.73. The fourth-order valence-electron chi connectivity index (χ4n) is 1.81. The summed E-state index contributed by atoms with van der Waals surface area (Å²) in [5.74, 6) is -1.11. The molecular weight excluding hydrogens is 226 g/mol. The average molecular weight is 245 g/mol. The van der Waals surface area contributed by atoms with Gasteiger partial charge >= 0.3 is 12.0 Å². The third kappa shape index (κ3) is 4.58. The molecule has 0 aromatic rings. The highest BCUT2D eigenvalue weighted by Crippen LogP contribution is 2.13. The summed E-state index contributed by atoms with van der Waals surface area (Å²) in [4.78, 5) is 30.0. The van der Waals surface area contributed by atoms with Crippen molar-refractivity contribution >= 4 is 12.0 Å². The van der Waals surface area contributed by atoms with Gasteiger partial charge in [-0.3, -0.25) is 4.84 Å².